The summed E-state index contributed by atoms with van der Waals surface area (Å²) < 4.78 is 21.4. The summed E-state index contributed by atoms with van der Waals surface area (Å²) in [7, 11) is 4.68. The highest BCUT2D eigenvalue weighted by molar-refractivity contribution is 5.76. The van der Waals surface area contributed by atoms with Gasteiger partial charge in [0.2, 0.25) is 5.91 Å². The number of ether oxygens (including phenoxy) is 4. The Bertz CT molecular complexity index is 1260. The van der Waals surface area contributed by atoms with E-state index in [1.54, 1.807) is 38.5 Å². The van der Waals surface area contributed by atoms with Gasteiger partial charge in [-0.25, -0.2) is 0 Å². The summed E-state index contributed by atoms with van der Waals surface area (Å²) in [5.74, 6) is 2.43. The van der Waals surface area contributed by atoms with Crippen LogP contribution >= 0.6 is 0 Å². The second-order valence-electron chi connectivity index (χ2n) is 7.70. The average molecular weight is 495 g/mol. The van der Waals surface area contributed by atoms with Crippen molar-refractivity contribution < 1.29 is 23.7 Å². The molecule has 10 heteroatoms. The molecule has 0 bridgehead atoms. The minimum atomic E-state index is -0.399. The lowest BCUT2D eigenvalue weighted by Gasteiger charge is -2.11. The van der Waals surface area contributed by atoms with Crippen LogP contribution in [0.3, 0.4) is 0 Å². The number of rotatable bonds is 13. The molecule has 1 heterocycles. The van der Waals surface area contributed by atoms with Crippen molar-refractivity contribution in [1.29, 1.82) is 0 Å². The van der Waals surface area contributed by atoms with E-state index in [0.717, 1.165) is 5.56 Å². The van der Waals surface area contributed by atoms with E-state index in [1.165, 1.54) is 7.11 Å². The SMILES string of the molecule is C=CCOc1ccc(-c2nnc(CCC(=O)NCCc3ccc(OC)c(OC)c3)c(=O)[nH]2)cc1OC. The van der Waals surface area contributed by atoms with Crippen molar-refractivity contribution in [3.63, 3.8) is 0 Å². The molecule has 0 radical (unpaired) electrons. The predicted octanol–water partition coefficient (Wildman–Crippen LogP) is 2.71. The molecule has 36 heavy (non-hydrogen) atoms. The average Bonchev–Trinajstić information content (AvgIpc) is 2.90. The second kappa shape index (κ2) is 12.9. The Hall–Kier alpha value is -4.34. The van der Waals surface area contributed by atoms with Crippen LogP contribution in [0.15, 0.2) is 53.8 Å². The van der Waals surface area contributed by atoms with Gasteiger partial charge in [-0.15, -0.1) is 10.2 Å². The van der Waals surface area contributed by atoms with Crippen LogP contribution < -0.4 is 29.8 Å². The summed E-state index contributed by atoms with van der Waals surface area (Å²) in [6.45, 7) is 4.41. The van der Waals surface area contributed by atoms with Gasteiger partial charge in [-0.2, -0.15) is 0 Å². The molecule has 3 rings (SSSR count). The molecule has 190 valence electrons. The van der Waals surface area contributed by atoms with Gasteiger partial charge in [-0.1, -0.05) is 18.7 Å². The Morgan fingerprint density at radius 1 is 0.972 bits per heavy atom. The lowest BCUT2D eigenvalue weighted by Crippen LogP contribution is -2.27. The molecule has 0 aliphatic rings. The fraction of sp³-hybridized carbons (Fsp3) is 0.308. The predicted molar refractivity (Wildman–Crippen MR) is 135 cm³/mol. The Balaban J connectivity index is 1.54. The van der Waals surface area contributed by atoms with Gasteiger partial charge < -0.3 is 29.2 Å². The number of carbonyl (C=O) groups excluding carboxylic acids is 1. The van der Waals surface area contributed by atoms with Gasteiger partial charge in [-0.3, -0.25) is 9.59 Å². The van der Waals surface area contributed by atoms with Crippen molar-refractivity contribution in [2.24, 2.45) is 0 Å². The highest BCUT2D eigenvalue weighted by Gasteiger charge is 2.12. The van der Waals surface area contributed by atoms with Gasteiger partial charge in [0.05, 0.1) is 21.3 Å². The number of nitrogens with zero attached hydrogens (tertiary/aromatic N) is 2. The number of H-pyrrole nitrogens is 1. The van der Waals surface area contributed by atoms with Gasteiger partial charge in [0.1, 0.15) is 12.3 Å². The number of amides is 1. The van der Waals surface area contributed by atoms with Crippen LogP contribution in [0.25, 0.3) is 11.4 Å². The first-order valence-corrected chi connectivity index (χ1v) is 11.3. The molecule has 0 unspecified atom stereocenters. The highest BCUT2D eigenvalue weighted by atomic mass is 16.5. The molecule has 0 aliphatic heterocycles. The molecule has 0 saturated carbocycles. The van der Waals surface area contributed by atoms with Crippen molar-refractivity contribution in [3.05, 3.63) is 70.7 Å². The molecule has 0 spiro atoms. The van der Waals surface area contributed by atoms with Crippen LogP contribution in [0.4, 0.5) is 0 Å². The summed E-state index contributed by atoms with van der Waals surface area (Å²) >= 11 is 0. The lowest BCUT2D eigenvalue weighted by atomic mass is 10.1. The topological polar surface area (TPSA) is 125 Å². The van der Waals surface area contributed by atoms with Crippen molar-refractivity contribution in [2.45, 2.75) is 19.3 Å². The van der Waals surface area contributed by atoms with Gasteiger partial charge in [0.25, 0.3) is 5.56 Å². The third kappa shape index (κ3) is 6.84. The van der Waals surface area contributed by atoms with E-state index in [2.05, 4.69) is 27.1 Å². The van der Waals surface area contributed by atoms with Crippen molar-refractivity contribution in [1.82, 2.24) is 20.5 Å². The zero-order valence-corrected chi connectivity index (χ0v) is 20.6. The Kier molecular flexibility index (Phi) is 9.44. The number of carbonyl (C=O) groups is 1. The Morgan fingerprint density at radius 2 is 1.69 bits per heavy atom. The summed E-state index contributed by atoms with van der Waals surface area (Å²) in [5, 5.41) is 11.0. The number of benzene rings is 2. The number of aromatic nitrogens is 3. The summed E-state index contributed by atoms with van der Waals surface area (Å²) in [4.78, 5) is 27.5. The van der Waals surface area contributed by atoms with Crippen LogP contribution in [0.5, 0.6) is 23.0 Å². The zero-order chi connectivity index (χ0) is 25.9. The fourth-order valence-corrected chi connectivity index (χ4v) is 3.44. The van der Waals surface area contributed by atoms with Crippen molar-refractivity contribution in [3.8, 4) is 34.4 Å². The van der Waals surface area contributed by atoms with Crippen LogP contribution in [0.1, 0.15) is 17.7 Å². The standard InChI is InChI=1S/C26H30N4O6/c1-5-14-36-21-10-7-18(16-23(21)35-4)25-28-26(32)19(29-30-25)8-11-24(31)27-13-12-17-6-9-20(33-2)22(15-17)34-3/h5-7,9-10,15-16H,1,8,11-14H2,2-4H3,(H,27,31)(H,28,30,32). The normalized spacial score (nSPS) is 10.4. The molecule has 10 nitrogen and oxygen atoms in total. The number of aryl methyl sites for hydroxylation is 1. The summed E-state index contributed by atoms with van der Waals surface area (Å²) in [5.41, 5.74) is 1.40. The van der Waals surface area contributed by atoms with E-state index in [0.29, 0.717) is 48.1 Å². The van der Waals surface area contributed by atoms with Crippen LogP contribution in [-0.4, -0.2) is 55.6 Å². The zero-order valence-electron chi connectivity index (χ0n) is 20.6. The Morgan fingerprint density at radius 3 is 2.39 bits per heavy atom. The fourth-order valence-electron chi connectivity index (χ4n) is 3.44. The maximum atomic E-state index is 12.5. The van der Waals surface area contributed by atoms with Crippen molar-refractivity contribution in [2.75, 3.05) is 34.5 Å². The van der Waals surface area contributed by atoms with E-state index in [1.807, 2.05) is 18.2 Å². The third-order valence-electron chi connectivity index (χ3n) is 5.33. The molecule has 1 aromatic heterocycles. The largest absolute Gasteiger partial charge is 0.493 e. The molecular weight excluding hydrogens is 464 g/mol. The number of methoxy groups -OCH3 is 3. The van der Waals surface area contributed by atoms with Gasteiger partial charge in [0, 0.05) is 24.9 Å². The molecule has 1 amide bonds. The molecule has 2 N–H and O–H groups in total. The maximum Gasteiger partial charge on any atom is 0.273 e. The highest BCUT2D eigenvalue weighted by Crippen LogP contribution is 2.31. The molecule has 0 atom stereocenters. The third-order valence-corrected chi connectivity index (χ3v) is 5.33. The quantitative estimate of drug-likeness (QED) is 0.348. The minimum Gasteiger partial charge on any atom is -0.493 e. The van der Waals surface area contributed by atoms with Gasteiger partial charge in [-0.05, 0) is 42.3 Å². The van der Waals surface area contributed by atoms with Crippen molar-refractivity contribution >= 4 is 5.91 Å². The number of hydrogen-bond acceptors (Lipinski definition) is 8. The molecule has 0 saturated heterocycles. The summed E-state index contributed by atoms with van der Waals surface area (Å²) in [6.07, 6.45) is 2.55. The van der Waals surface area contributed by atoms with E-state index in [9.17, 15) is 9.59 Å². The van der Waals surface area contributed by atoms with Crippen LogP contribution in [0, 0.1) is 0 Å². The molecule has 0 fully saturated rings. The monoisotopic (exact) mass is 494 g/mol. The van der Waals surface area contributed by atoms with E-state index in [4.69, 9.17) is 18.9 Å². The number of aromatic amines is 1. The van der Waals surface area contributed by atoms with Gasteiger partial charge >= 0.3 is 0 Å². The molecule has 0 aliphatic carbocycles. The van der Waals surface area contributed by atoms with Gasteiger partial charge in [0.15, 0.2) is 28.8 Å². The molecular formula is C26H30N4O6. The first kappa shape index (κ1) is 26.3. The maximum absolute atomic E-state index is 12.5. The Labute approximate surface area is 209 Å². The summed E-state index contributed by atoms with van der Waals surface area (Å²) in [6, 6.07) is 10.8. The molecule has 2 aromatic carbocycles. The smallest absolute Gasteiger partial charge is 0.273 e. The van der Waals surface area contributed by atoms with Crippen LogP contribution in [-0.2, 0) is 17.6 Å². The lowest BCUT2D eigenvalue weighted by molar-refractivity contribution is -0.121. The van der Waals surface area contributed by atoms with E-state index < -0.39 is 5.56 Å². The van der Waals surface area contributed by atoms with E-state index in [-0.39, 0.29) is 30.3 Å². The van der Waals surface area contributed by atoms with Crippen LogP contribution in [0.2, 0.25) is 0 Å². The first-order chi connectivity index (χ1) is 17.5. The second-order valence-corrected chi connectivity index (χ2v) is 7.70. The number of hydrogen-bond donors (Lipinski definition) is 2. The minimum absolute atomic E-state index is 0.117. The van der Waals surface area contributed by atoms with E-state index >= 15 is 0 Å². The number of nitrogens with one attached hydrogen (secondary N) is 2. The molecule has 3 aromatic rings. The first-order valence-electron chi connectivity index (χ1n) is 11.3.